The van der Waals surface area contributed by atoms with Gasteiger partial charge in [0.1, 0.15) is 6.54 Å². The number of methoxy groups -OCH3 is 1. The molecular formula is C16H24N2O3. The molecule has 0 spiro atoms. The molecule has 1 fully saturated rings. The number of nitrogens with one attached hydrogen (secondary N) is 1. The topological polar surface area (TPSA) is 61.8 Å². The average Bonchev–Trinajstić information content (AvgIpc) is 2.54. The molecule has 2 N–H and O–H groups in total. The predicted octanol–water partition coefficient (Wildman–Crippen LogP) is 1.48. The maximum Gasteiger partial charge on any atom is 0.325 e. The molecule has 1 saturated heterocycles. The summed E-state index contributed by atoms with van der Waals surface area (Å²) in [6, 6.07) is 8.04. The van der Waals surface area contributed by atoms with Gasteiger partial charge in [0.2, 0.25) is 0 Å². The van der Waals surface area contributed by atoms with Crippen LogP contribution in [0, 0.1) is 5.92 Å². The Morgan fingerprint density at radius 1 is 1.38 bits per heavy atom. The van der Waals surface area contributed by atoms with E-state index in [0.717, 1.165) is 38.2 Å². The summed E-state index contributed by atoms with van der Waals surface area (Å²) in [5.74, 6) is 0.183. The van der Waals surface area contributed by atoms with Crippen LogP contribution in [0.2, 0.25) is 0 Å². The number of esters is 1. The predicted molar refractivity (Wildman–Crippen MR) is 82.0 cm³/mol. The Morgan fingerprint density at radius 3 is 2.76 bits per heavy atom. The van der Waals surface area contributed by atoms with Crippen molar-refractivity contribution < 1.29 is 14.6 Å². The molecule has 1 aromatic rings. The molecule has 1 aliphatic rings. The van der Waals surface area contributed by atoms with E-state index >= 15 is 0 Å². The van der Waals surface area contributed by atoms with Crippen LogP contribution in [0.4, 0.5) is 5.69 Å². The second-order valence-corrected chi connectivity index (χ2v) is 5.49. The van der Waals surface area contributed by atoms with Crippen molar-refractivity contribution in [3.63, 3.8) is 0 Å². The van der Waals surface area contributed by atoms with Crippen LogP contribution >= 0.6 is 0 Å². The maximum atomic E-state index is 11.2. The lowest BCUT2D eigenvalue weighted by Gasteiger charge is -2.31. The smallest absolute Gasteiger partial charge is 0.325 e. The Kier molecular flexibility index (Phi) is 6.02. The van der Waals surface area contributed by atoms with Crippen molar-refractivity contribution in [2.45, 2.75) is 19.4 Å². The lowest BCUT2D eigenvalue weighted by Crippen LogP contribution is -2.34. The number of likely N-dealkylation sites (tertiary alicyclic amines) is 1. The zero-order valence-corrected chi connectivity index (χ0v) is 12.5. The lowest BCUT2D eigenvalue weighted by atomic mass is 9.97. The van der Waals surface area contributed by atoms with E-state index in [9.17, 15) is 9.90 Å². The molecule has 1 aromatic carbocycles. The van der Waals surface area contributed by atoms with Gasteiger partial charge in [-0.3, -0.25) is 9.69 Å². The molecule has 0 aliphatic carbocycles. The van der Waals surface area contributed by atoms with E-state index in [4.69, 9.17) is 0 Å². The molecule has 2 rings (SSSR count). The average molecular weight is 292 g/mol. The highest BCUT2D eigenvalue weighted by atomic mass is 16.5. The van der Waals surface area contributed by atoms with Gasteiger partial charge in [-0.25, -0.2) is 0 Å². The Hall–Kier alpha value is -1.59. The van der Waals surface area contributed by atoms with Crippen molar-refractivity contribution in [3.05, 3.63) is 29.8 Å². The Labute approximate surface area is 125 Å². The van der Waals surface area contributed by atoms with Crippen molar-refractivity contribution in [3.8, 4) is 0 Å². The Morgan fingerprint density at radius 2 is 2.10 bits per heavy atom. The van der Waals surface area contributed by atoms with Crippen LogP contribution in [0.3, 0.4) is 0 Å². The number of benzene rings is 1. The highest BCUT2D eigenvalue weighted by Crippen LogP contribution is 2.22. The second-order valence-electron chi connectivity index (χ2n) is 5.49. The van der Waals surface area contributed by atoms with Crippen molar-refractivity contribution in [1.82, 2.24) is 4.90 Å². The molecule has 0 radical (unpaired) electrons. The number of anilines is 1. The monoisotopic (exact) mass is 292 g/mol. The van der Waals surface area contributed by atoms with Gasteiger partial charge in [0.25, 0.3) is 0 Å². The van der Waals surface area contributed by atoms with E-state index in [2.05, 4.69) is 21.0 Å². The minimum absolute atomic E-state index is 0.181. The largest absolute Gasteiger partial charge is 0.468 e. The molecule has 0 aromatic heterocycles. The second kappa shape index (κ2) is 8.00. The first kappa shape index (κ1) is 15.8. The fourth-order valence-electron chi connectivity index (χ4n) is 2.64. The molecule has 0 saturated carbocycles. The first-order valence-corrected chi connectivity index (χ1v) is 7.44. The molecule has 116 valence electrons. The minimum atomic E-state index is -0.270. The maximum absolute atomic E-state index is 11.2. The number of piperidine rings is 1. The Bertz CT molecular complexity index is 457. The molecule has 0 unspecified atom stereocenters. The molecule has 5 heteroatoms. The number of hydrogen-bond acceptors (Lipinski definition) is 5. The standard InChI is InChI=1S/C16H24N2O3/c1-21-16(20)10-17-15-5-3-2-4-14(15)11-18-8-6-13(12-19)7-9-18/h2-5,13,17,19H,6-12H2,1H3. The van der Waals surface area contributed by atoms with Crippen LogP contribution in [0.15, 0.2) is 24.3 Å². The SMILES string of the molecule is COC(=O)CNc1ccccc1CN1CCC(CO)CC1. The number of hydrogen-bond donors (Lipinski definition) is 2. The van der Waals surface area contributed by atoms with Crippen LogP contribution in [0.25, 0.3) is 0 Å². The summed E-state index contributed by atoms with van der Waals surface area (Å²) < 4.78 is 4.65. The van der Waals surface area contributed by atoms with Crippen LogP contribution in [-0.2, 0) is 16.1 Å². The molecule has 1 heterocycles. The van der Waals surface area contributed by atoms with E-state index in [0.29, 0.717) is 12.5 Å². The molecule has 0 atom stereocenters. The van der Waals surface area contributed by atoms with E-state index in [1.54, 1.807) is 0 Å². The summed E-state index contributed by atoms with van der Waals surface area (Å²) in [7, 11) is 1.39. The third-order valence-electron chi connectivity index (χ3n) is 4.03. The number of para-hydroxylation sites is 1. The number of aliphatic hydroxyl groups excluding tert-OH is 1. The van der Waals surface area contributed by atoms with Crippen LogP contribution in [-0.4, -0.2) is 49.3 Å². The quantitative estimate of drug-likeness (QED) is 0.778. The lowest BCUT2D eigenvalue weighted by molar-refractivity contribution is -0.138. The summed E-state index contributed by atoms with van der Waals surface area (Å²) in [6.07, 6.45) is 2.10. The fourth-order valence-corrected chi connectivity index (χ4v) is 2.64. The highest BCUT2D eigenvalue weighted by Gasteiger charge is 2.19. The van der Waals surface area contributed by atoms with Gasteiger partial charge in [-0.2, -0.15) is 0 Å². The van der Waals surface area contributed by atoms with Gasteiger partial charge < -0.3 is 15.2 Å². The number of aliphatic hydroxyl groups is 1. The number of carbonyl (C=O) groups is 1. The molecule has 5 nitrogen and oxygen atoms in total. The van der Waals surface area contributed by atoms with Gasteiger partial charge in [-0.1, -0.05) is 18.2 Å². The van der Waals surface area contributed by atoms with E-state index in [1.807, 2.05) is 18.2 Å². The van der Waals surface area contributed by atoms with Crippen molar-refractivity contribution in [1.29, 1.82) is 0 Å². The van der Waals surface area contributed by atoms with Crippen molar-refractivity contribution in [2.75, 3.05) is 38.7 Å². The van der Waals surface area contributed by atoms with Gasteiger partial charge in [-0.05, 0) is 43.5 Å². The van der Waals surface area contributed by atoms with Crippen molar-refractivity contribution in [2.24, 2.45) is 5.92 Å². The number of ether oxygens (including phenoxy) is 1. The summed E-state index contributed by atoms with van der Waals surface area (Å²) in [6.45, 7) is 3.36. The van der Waals surface area contributed by atoms with Gasteiger partial charge >= 0.3 is 5.97 Å². The van der Waals surface area contributed by atoms with E-state index in [1.165, 1.54) is 12.7 Å². The summed E-state index contributed by atoms with van der Waals surface area (Å²) in [5.41, 5.74) is 2.16. The first-order chi connectivity index (χ1) is 10.2. The van der Waals surface area contributed by atoms with Gasteiger partial charge in [0.05, 0.1) is 7.11 Å². The fraction of sp³-hybridized carbons (Fsp3) is 0.562. The Balaban J connectivity index is 1.92. The molecule has 0 amide bonds. The van der Waals surface area contributed by atoms with E-state index < -0.39 is 0 Å². The third-order valence-corrected chi connectivity index (χ3v) is 4.03. The molecule has 21 heavy (non-hydrogen) atoms. The van der Waals surface area contributed by atoms with Crippen LogP contribution < -0.4 is 5.32 Å². The summed E-state index contributed by atoms with van der Waals surface area (Å²) in [5, 5.41) is 12.3. The minimum Gasteiger partial charge on any atom is -0.468 e. The molecule has 1 aliphatic heterocycles. The van der Waals surface area contributed by atoms with Crippen molar-refractivity contribution >= 4 is 11.7 Å². The zero-order valence-electron chi connectivity index (χ0n) is 12.5. The van der Waals surface area contributed by atoms with Crippen LogP contribution in [0.1, 0.15) is 18.4 Å². The van der Waals surface area contributed by atoms with Crippen LogP contribution in [0.5, 0.6) is 0 Å². The summed E-state index contributed by atoms with van der Waals surface area (Å²) >= 11 is 0. The van der Waals surface area contributed by atoms with Gasteiger partial charge in [0.15, 0.2) is 0 Å². The van der Waals surface area contributed by atoms with Gasteiger partial charge in [-0.15, -0.1) is 0 Å². The van der Waals surface area contributed by atoms with Gasteiger partial charge in [0, 0.05) is 18.8 Å². The molecular weight excluding hydrogens is 268 g/mol. The third kappa shape index (κ3) is 4.72. The number of carbonyl (C=O) groups excluding carboxylic acids is 1. The zero-order chi connectivity index (χ0) is 15.1. The first-order valence-electron chi connectivity index (χ1n) is 7.44. The molecule has 0 bridgehead atoms. The number of nitrogens with zero attached hydrogens (tertiary/aromatic N) is 1. The number of rotatable bonds is 6. The van der Waals surface area contributed by atoms with E-state index in [-0.39, 0.29) is 12.5 Å². The summed E-state index contributed by atoms with van der Waals surface area (Å²) in [4.78, 5) is 13.6. The normalized spacial score (nSPS) is 16.7. The highest BCUT2D eigenvalue weighted by molar-refractivity contribution is 5.75.